The normalized spacial score (nSPS) is 13.0. The zero-order chi connectivity index (χ0) is 14.1. The van der Waals surface area contributed by atoms with E-state index < -0.39 is 8.80 Å². The van der Waals surface area contributed by atoms with E-state index in [1.807, 2.05) is 12.5 Å². The van der Waals surface area contributed by atoms with Crippen molar-refractivity contribution in [2.75, 3.05) is 21.3 Å². The van der Waals surface area contributed by atoms with Crippen molar-refractivity contribution in [3.05, 3.63) is 18.7 Å². The Morgan fingerprint density at radius 3 is 2.25 bits per heavy atom. The Morgan fingerprint density at radius 1 is 1.15 bits per heavy atom. The summed E-state index contributed by atoms with van der Waals surface area (Å²) >= 11 is 0. The first-order chi connectivity index (χ1) is 9.21. The summed E-state index contributed by atoms with van der Waals surface area (Å²) in [4.78, 5) is 3.11. The molecule has 0 spiro atoms. The van der Waals surface area contributed by atoms with Crippen molar-refractivity contribution in [2.45, 2.75) is 44.7 Å². The lowest BCUT2D eigenvalue weighted by molar-refractivity contribution is -0.723. The van der Waals surface area contributed by atoms with Crippen LogP contribution in [0.4, 0.5) is 0 Å². The highest BCUT2D eigenvalue weighted by atomic mass is 79.9. The summed E-state index contributed by atoms with van der Waals surface area (Å²) in [5.41, 5.74) is 0. The Balaban J connectivity index is 0.00000361. The molecule has 1 N–H and O–H groups in total. The van der Waals surface area contributed by atoms with E-state index in [-0.39, 0.29) is 17.0 Å². The van der Waals surface area contributed by atoms with Crippen molar-refractivity contribution in [3.8, 4) is 0 Å². The summed E-state index contributed by atoms with van der Waals surface area (Å²) in [7, 11) is 2.56. The number of aromatic amines is 1. The van der Waals surface area contributed by atoms with Crippen molar-refractivity contribution in [1.29, 1.82) is 0 Å². The van der Waals surface area contributed by atoms with Crippen LogP contribution in [0.15, 0.2) is 18.7 Å². The van der Waals surface area contributed by atoms with E-state index in [0.29, 0.717) is 6.04 Å². The molecular formula is C13H27BrN2O3Si. The molecule has 7 heteroatoms. The summed E-state index contributed by atoms with van der Waals surface area (Å²) in [6, 6.07) is 1.31. The Hall–Kier alpha value is -0.213. The molecule has 0 fully saturated rings. The quantitative estimate of drug-likeness (QED) is 0.440. The molecule has 1 aromatic heterocycles. The van der Waals surface area contributed by atoms with Gasteiger partial charge in [0.15, 0.2) is 0 Å². The maximum absolute atomic E-state index is 5.49. The van der Waals surface area contributed by atoms with Crippen LogP contribution in [0.3, 0.4) is 0 Å². The van der Waals surface area contributed by atoms with Crippen LogP contribution in [0.1, 0.15) is 38.6 Å². The molecule has 5 nitrogen and oxygen atoms in total. The summed E-state index contributed by atoms with van der Waals surface area (Å²) < 4.78 is 18.7. The van der Waals surface area contributed by atoms with Gasteiger partial charge in [-0.2, -0.15) is 0 Å². The lowest BCUT2D eigenvalue weighted by Gasteiger charge is -2.25. The van der Waals surface area contributed by atoms with Crippen LogP contribution in [0.5, 0.6) is 0 Å². The molecule has 0 aromatic carbocycles. The minimum atomic E-state index is -2.46. The number of aromatic nitrogens is 2. The summed E-state index contributed by atoms with van der Waals surface area (Å²) in [5.74, 6) is 0. The van der Waals surface area contributed by atoms with Crippen molar-refractivity contribution in [2.24, 2.45) is 0 Å². The minimum absolute atomic E-state index is 0. The summed E-state index contributed by atoms with van der Waals surface area (Å²) in [5, 5.41) is 0. The number of H-pyrrole nitrogens is 1. The third-order valence-electron chi connectivity index (χ3n) is 3.60. The molecule has 1 atom stereocenters. The maximum Gasteiger partial charge on any atom is 0.500 e. The Labute approximate surface area is 133 Å². The second-order valence-electron chi connectivity index (χ2n) is 4.69. The van der Waals surface area contributed by atoms with Gasteiger partial charge in [0.2, 0.25) is 6.33 Å². The fourth-order valence-electron chi connectivity index (χ4n) is 2.31. The highest BCUT2D eigenvalue weighted by molar-refractivity contribution is 6.60. The second kappa shape index (κ2) is 10.5. The topological polar surface area (TPSA) is 47.4 Å². The fraction of sp³-hybridized carbons (Fsp3) is 0.769. The first-order valence-electron chi connectivity index (χ1n) is 6.90. The van der Waals surface area contributed by atoms with E-state index in [9.17, 15) is 0 Å². The van der Waals surface area contributed by atoms with Gasteiger partial charge in [-0.3, -0.25) is 4.98 Å². The van der Waals surface area contributed by atoms with Crippen LogP contribution >= 0.6 is 0 Å². The molecule has 0 aliphatic rings. The van der Waals surface area contributed by atoms with Gasteiger partial charge in [0, 0.05) is 27.4 Å². The molecule has 20 heavy (non-hydrogen) atoms. The van der Waals surface area contributed by atoms with Gasteiger partial charge in [-0.1, -0.05) is 13.3 Å². The van der Waals surface area contributed by atoms with Crippen molar-refractivity contribution in [3.63, 3.8) is 0 Å². The highest BCUT2D eigenvalue weighted by Gasteiger charge is 2.38. The molecule has 0 saturated heterocycles. The molecule has 0 bridgehead atoms. The molecule has 0 aliphatic carbocycles. The molecule has 0 aliphatic heterocycles. The molecule has 1 heterocycles. The van der Waals surface area contributed by atoms with E-state index >= 15 is 0 Å². The average molecular weight is 367 g/mol. The smallest absolute Gasteiger partial charge is 0.500 e. The molecule has 1 unspecified atom stereocenters. The maximum atomic E-state index is 5.49. The first-order valence-corrected chi connectivity index (χ1v) is 8.83. The Kier molecular flexibility index (Phi) is 10.4. The number of hydrogen-bond donors (Lipinski definition) is 1. The van der Waals surface area contributed by atoms with E-state index in [1.54, 1.807) is 21.3 Å². The zero-order valence-corrected chi connectivity index (χ0v) is 15.5. The van der Waals surface area contributed by atoms with Gasteiger partial charge >= 0.3 is 8.80 Å². The average Bonchev–Trinajstić information content (AvgIpc) is 2.98. The van der Waals surface area contributed by atoms with Crippen LogP contribution in [-0.4, -0.2) is 35.1 Å². The fourth-order valence-corrected chi connectivity index (χ4v) is 4.11. The lowest BCUT2D eigenvalue weighted by Crippen LogP contribution is -3.00. The van der Waals surface area contributed by atoms with Gasteiger partial charge in [-0.15, -0.1) is 0 Å². The zero-order valence-electron chi connectivity index (χ0n) is 12.9. The third kappa shape index (κ3) is 5.65. The molecule has 0 radical (unpaired) electrons. The van der Waals surface area contributed by atoms with Crippen molar-refractivity contribution in [1.82, 2.24) is 4.98 Å². The number of imidazole rings is 1. The van der Waals surface area contributed by atoms with Crippen molar-refractivity contribution >= 4 is 8.80 Å². The monoisotopic (exact) mass is 366 g/mol. The van der Waals surface area contributed by atoms with Gasteiger partial charge in [-0.05, 0) is 19.3 Å². The number of rotatable bonds is 10. The second-order valence-corrected chi connectivity index (χ2v) is 7.78. The van der Waals surface area contributed by atoms with Crippen LogP contribution in [0.25, 0.3) is 0 Å². The highest BCUT2D eigenvalue weighted by Crippen LogP contribution is 2.22. The van der Waals surface area contributed by atoms with Crippen LogP contribution < -0.4 is 21.5 Å². The van der Waals surface area contributed by atoms with E-state index in [0.717, 1.165) is 12.5 Å². The largest absolute Gasteiger partial charge is 1.00 e. The van der Waals surface area contributed by atoms with E-state index in [1.165, 1.54) is 19.3 Å². The van der Waals surface area contributed by atoms with Gasteiger partial charge in [0.1, 0.15) is 18.4 Å². The Morgan fingerprint density at radius 2 is 1.80 bits per heavy atom. The summed E-state index contributed by atoms with van der Waals surface area (Å²) in [6.07, 6.45) is 10.6. The molecule has 0 amide bonds. The van der Waals surface area contributed by atoms with E-state index in [2.05, 4.69) is 22.7 Å². The lowest BCUT2D eigenvalue weighted by atomic mass is 10.1. The van der Waals surface area contributed by atoms with Crippen LogP contribution in [-0.2, 0) is 13.3 Å². The van der Waals surface area contributed by atoms with Gasteiger partial charge in [-0.25, -0.2) is 4.57 Å². The van der Waals surface area contributed by atoms with Gasteiger partial charge in [0.25, 0.3) is 0 Å². The van der Waals surface area contributed by atoms with Crippen LogP contribution in [0, 0.1) is 0 Å². The molecular weight excluding hydrogens is 340 g/mol. The number of halogens is 1. The number of nitrogens with zero attached hydrogens (tertiary/aromatic N) is 1. The Bertz CT molecular complexity index is 326. The SMILES string of the molecule is CCCCC(CC[Si](OC)(OC)OC)[n+]1cc[nH]c1.[Br-]. The van der Waals surface area contributed by atoms with E-state index in [4.69, 9.17) is 13.3 Å². The van der Waals surface area contributed by atoms with Crippen LogP contribution in [0.2, 0.25) is 6.04 Å². The first kappa shape index (κ1) is 19.8. The van der Waals surface area contributed by atoms with Gasteiger partial charge < -0.3 is 30.3 Å². The third-order valence-corrected chi connectivity index (χ3v) is 6.36. The standard InChI is InChI=1S/C13H26N2O3Si.BrH/c1-5-6-7-13(15-10-9-14-12-15)8-11-19(16-2,17-3)18-4;/h9-10,12-13H,5-8,11H2,1-4H3;1H. The molecule has 118 valence electrons. The van der Waals surface area contributed by atoms with Gasteiger partial charge in [0.05, 0.1) is 0 Å². The molecule has 1 rings (SSSR count). The predicted octanol–water partition coefficient (Wildman–Crippen LogP) is -0.694. The summed E-state index contributed by atoms with van der Waals surface area (Å²) in [6.45, 7) is 2.22. The molecule has 0 saturated carbocycles. The number of nitrogens with one attached hydrogen (secondary N) is 1. The molecule has 1 aromatic rings. The predicted molar refractivity (Wildman–Crippen MR) is 75.8 cm³/mol. The number of unbranched alkanes of at least 4 members (excludes halogenated alkanes) is 1. The van der Waals surface area contributed by atoms with Crippen molar-refractivity contribution < 1.29 is 34.8 Å². The number of hydrogen-bond acceptors (Lipinski definition) is 3. The minimum Gasteiger partial charge on any atom is -1.00 e.